The van der Waals surface area contributed by atoms with Crippen LogP contribution in [0.25, 0.3) is 0 Å². The Hall–Kier alpha value is -0.960. The van der Waals surface area contributed by atoms with Gasteiger partial charge in [0.2, 0.25) is 5.91 Å². The van der Waals surface area contributed by atoms with Crippen LogP contribution in [0, 0.1) is 0 Å². The summed E-state index contributed by atoms with van der Waals surface area (Å²) in [6.45, 7) is 0.757. The molecule has 1 aromatic carbocycles. The van der Waals surface area contributed by atoms with Gasteiger partial charge in [-0.15, -0.1) is 11.8 Å². The Balaban J connectivity index is 1.93. The summed E-state index contributed by atoms with van der Waals surface area (Å²) >= 11 is 1.95. The summed E-state index contributed by atoms with van der Waals surface area (Å²) in [6.07, 6.45) is 7.66. The van der Waals surface area contributed by atoms with Crippen LogP contribution in [0.4, 0.5) is 0 Å². The minimum absolute atomic E-state index is 0.209. The number of amides is 1. The standard InChI is InChI=1S/C16H23NOS/c18-16-9-4-2-1-3-5-12-19-15-8-6-7-14(13-15)10-11-17-16/h6-8,13H,1-5,9-12H2,(H,17,18). The largest absolute Gasteiger partial charge is 0.356 e. The summed E-state index contributed by atoms with van der Waals surface area (Å²) in [5.74, 6) is 1.42. The summed E-state index contributed by atoms with van der Waals surface area (Å²) in [5.41, 5.74) is 1.32. The fourth-order valence-electron chi connectivity index (χ4n) is 2.33. The van der Waals surface area contributed by atoms with E-state index in [1.807, 2.05) is 11.8 Å². The third-order valence-electron chi connectivity index (χ3n) is 3.45. The fourth-order valence-corrected chi connectivity index (χ4v) is 3.33. The van der Waals surface area contributed by atoms with Gasteiger partial charge in [-0.05, 0) is 42.7 Å². The lowest BCUT2D eigenvalue weighted by atomic mass is 10.1. The van der Waals surface area contributed by atoms with Crippen LogP contribution in [0.2, 0.25) is 0 Å². The Bertz CT molecular complexity index is 405. The summed E-state index contributed by atoms with van der Waals surface area (Å²) < 4.78 is 0. The lowest BCUT2D eigenvalue weighted by Gasteiger charge is -2.06. The van der Waals surface area contributed by atoms with E-state index >= 15 is 0 Å². The number of benzene rings is 1. The third kappa shape index (κ3) is 5.68. The van der Waals surface area contributed by atoms with Gasteiger partial charge in [-0.3, -0.25) is 4.79 Å². The predicted octanol–water partition coefficient (Wildman–Crippen LogP) is 3.79. The highest BCUT2D eigenvalue weighted by atomic mass is 32.2. The molecule has 104 valence electrons. The molecule has 1 heterocycles. The first kappa shape index (κ1) is 14.4. The van der Waals surface area contributed by atoms with E-state index in [4.69, 9.17) is 0 Å². The van der Waals surface area contributed by atoms with Crippen molar-refractivity contribution < 1.29 is 4.79 Å². The van der Waals surface area contributed by atoms with Gasteiger partial charge in [-0.25, -0.2) is 0 Å². The molecule has 0 atom stereocenters. The van der Waals surface area contributed by atoms with Crippen LogP contribution in [0.15, 0.2) is 29.2 Å². The maximum Gasteiger partial charge on any atom is 0.220 e. The molecule has 1 aromatic rings. The van der Waals surface area contributed by atoms with Crippen LogP contribution in [0.1, 0.15) is 44.1 Å². The summed E-state index contributed by atoms with van der Waals surface area (Å²) in [6, 6.07) is 8.72. The van der Waals surface area contributed by atoms with Crippen LogP contribution >= 0.6 is 11.8 Å². The molecule has 3 heteroatoms. The highest BCUT2D eigenvalue weighted by Crippen LogP contribution is 2.21. The van der Waals surface area contributed by atoms with Gasteiger partial charge >= 0.3 is 0 Å². The fraction of sp³-hybridized carbons (Fsp3) is 0.562. The summed E-state index contributed by atoms with van der Waals surface area (Å²) in [7, 11) is 0. The Morgan fingerprint density at radius 2 is 1.84 bits per heavy atom. The van der Waals surface area contributed by atoms with Crippen molar-refractivity contribution in [3.05, 3.63) is 29.8 Å². The number of carbonyl (C=O) groups excluding carboxylic acids is 1. The molecule has 1 aliphatic rings. The molecular weight excluding hydrogens is 254 g/mol. The number of nitrogens with one attached hydrogen (secondary N) is 1. The quantitative estimate of drug-likeness (QED) is 0.781. The van der Waals surface area contributed by atoms with Gasteiger partial charge in [0.25, 0.3) is 0 Å². The van der Waals surface area contributed by atoms with Crippen molar-refractivity contribution in [3.8, 4) is 0 Å². The second-order valence-corrected chi connectivity index (χ2v) is 6.28. The van der Waals surface area contributed by atoms with Gasteiger partial charge in [-0.1, -0.05) is 31.4 Å². The molecule has 1 amide bonds. The normalized spacial score (nSPS) is 19.1. The molecule has 0 fully saturated rings. The highest BCUT2D eigenvalue weighted by molar-refractivity contribution is 7.99. The van der Waals surface area contributed by atoms with Gasteiger partial charge in [-0.2, -0.15) is 0 Å². The maximum absolute atomic E-state index is 11.6. The molecule has 2 bridgehead atoms. The van der Waals surface area contributed by atoms with Crippen molar-refractivity contribution in [2.45, 2.75) is 49.8 Å². The highest BCUT2D eigenvalue weighted by Gasteiger charge is 2.03. The number of fused-ring (bicyclic) bond motifs is 2. The Kier molecular flexibility index (Phi) is 6.28. The van der Waals surface area contributed by atoms with Crippen LogP contribution < -0.4 is 5.32 Å². The molecule has 0 saturated carbocycles. The van der Waals surface area contributed by atoms with Gasteiger partial charge in [0.1, 0.15) is 0 Å². The average Bonchev–Trinajstić information content (AvgIpc) is 2.42. The summed E-state index contributed by atoms with van der Waals surface area (Å²) in [5, 5.41) is 3.02. The number of carbonyl (C=O) groups is 1. The van der Waals surface area contributed by atoms with E-state index in [0.29, 0.717) is 6.42 Å². The first-order valence-corrected chi connectivity index (χ1v) is 8.31. The van der Waals surface area contributed by atoms with Gasteiger partial charge in [0, 0.05) is 17.9 Å². The van der Waals surface area contributed by atoms with Crippen LogP contribution in [0.5, 0.6) is 0 Å². The van der Waals surface area contributed by atoms with Gasteiger partial charge in [0.05, 0.1) is 0 Å². The second kappa shape index (κ2) is 8.26. The number of thioether (sulfide) groups is 1. The molecule has 2 rings (SSSR count). The molecule has 0 unspecified atom stereocenters. The lowest BCUT2D eigenvalue weighted by Crippen LogP contribution is -2.25. The van der Waals surface area contributed by atoms with E-state index < -0.39 is 0 Å². The Labute approximate surface area is 120 Å². The molecule has 0 radical (unpaired) electrons. The van der Waals surface area contributed by atoms with E-state index in [-0.39, 0.29) is 5.91 Å². The zero-order valence-corrected chi connectivity index (χ0v) is 12.3. The number of hydrogen-bond donors (Lipinski definition) is 1. The molecule has 0 saturated heterocycles. The smallest absolute Gasteiger partial charge is 0.220 e. The molecule has 0 spiro atoms. The van der Waals surface area contributed by atoms with E-state index in [0.717, 1.165) is 19.4 Å². The molecule has 1 aliphatic heterocycles. The molecule has 1 N–H and O–H groups in total. The van der Waals surface area contributed by atoms with Crippen LogP contribution in [-0.4, -0.2) is 18.2 Å². The first-order valence-electron chi connectivity index (χ1n) is 7.33. The minimum atomic E-state index is 0.209. The monoisotopic (exact) mass is 277 g/mol. The van der Waals surface area contributed by atoms with Crippen molar-refractivity contribution in [2.75, 3.05) is 12.3 Å². The van der Waals surface area contributed by atoms with Crippen molar-refractivity contribution >= 4 is 17.7 Å². The minimum Gasteiger partial charge on any atom is -0.356 e. The average molecular weight is 277 g/mol. The molecule has 2 nitrogen and oxygen atoms in total. The van der Waals surface area contributed by atoms with Gasteiger partial charge < -0.3 is 5.32 Å². The van der Waals surface area contributed by atoms with Crippen LogP contribution in [0.3, 0.4) is 0 Å². The van der Waals surface area contributed by atoms with Crippen molar-refractivity contribution in [2.24, 2.45) is 0 Å². The zero-order valence-electron chi connectivity index (χ0n) is 11.5. The molecule has 0 aromatic heterocycles. The van der Waals surface area contributed by atoms with E-state index in [1.54, 1.807) is 0 Å². The van der Waals surface area contributed by atoms with Crippen molar-refractivity contribution in [1.29, 1.82) is 0 Å². The number of rotatable bonds is 0. The zero-order chi connectivity index (χ0) is 13.3. The van der Waals surface area contributed by atoms with E-state index in [2.05, 4.69) is 29.6 Å². The summed E-state index contributed by atoms with van der Waals surface area (Å²) in [4.78, 5) is 13.0. The molecule has 19 heavy (non-hydrogen) atoms. The Morgan fingerprint density at radius 3 is 2.79 bits per heavy atom. The lowest BCUT2D eigenvalue weighted by molar-refractivity contribution is -0.121. The SMILES string of the molecule is O=C1CCCCCCCSc2cccc(c2)CCN1. The van der Waals surface area contributed by atoms with Crippen LogP contribution in [-0.2, 0) is 11.2 Å². The number of hydrogen-bond acceptors (Lipinski definition) is 2. The first-order chi connectivity index (χ1) is 9.34. The third-order valence-corrected chi connectivity index (χ3v) is 4.53. The Morgan fingerprint density at radius 1 is 1.00 bits per heavy atom. The van der Waals surface area contributed by atoms with Crippen molar-refractivity contribution in [1.82, 2.24) is 5.32 Å². The second-order valence-electron chi connectivity index (χ2n) is 5.11. The van der Waals surface area contributed by atoms with E-state index in [9.17, 15) is 4.79 Å². The predicted molar refractivity (Wildman–Crippen MR) is 81.6 cm³/mol. The van der Waals surface area contributed by atoms with E-state index in [1.165, 1.54) is 41.9 Å². The van der Waals surface area contributed by atoms with Crippen molar-refractivity contribution in [3.63, 3.8) is 0 Å². The molecular formula is C16H23NOS. The topological polar surface area (TPSA) is 29.1 Å². The van der Waals surface area contributed by atoms with Gasteiger partial charge in [0.15, 0.2) is 0 Å². The molecule has 0 aliphatic carbocycles. The maximum atomic E-state index is 11.6.